The molecule has 0 unspecified atom stereocenters. The van der Waals surface area contributed by atoms with Crippen molar-refractivity contribution in [2.45, 2.75) is 12.1 Å². The summed E-state index contributed by atoms with van der Waals surface area (Å²) in [6, 6.07) is 4.31. The monoisotopic (exact) mass is 282 g/mol. The van der Waals surface area contributed by atoms with Crippen LogP contribution in [0, 0.1) is 0 Å². The van der Waals surface area contributed by atoms with Gasteiger partial charge in [-0.3, -0.25) is 9.59 Å². The molecule has 0 N–H and O–H groups in total. The highest BCUT2D eigenvalue weighted by atomic mass is 19.4. The first-order valence-electron chi connectivity index (χ1n) is 5.60. The van der Waals surface area contributed by atoms with E-state index in [1.54, 1.807) is 0 Å². The largest absolute Gasteiger partial charge is 0.472 e. The number of carbonyl (C=O) groups is 2. The number of benzene rings is 1. The smallest absolute Gasteiger partial charge is 0.416 e. The molecule has 0 radical (unpaired) electrons. The summed E-state index contributed by atoms with van der Waals surface area (Å²) >= 11 is 0. The summed E-state index contributed by atoms with van der Waals surface area (Å²) in [4.78, 5) is 21.9. The molecule has 1 heterocycles. The van der Waals surface area contributed by atoms with Gasteiger partial charge in [0.25, 0.3) is 0 Å². The van der Waals surface area contributed by atoms with Crippen LogP contribution in [0.5, 0.6) is 0 Å². The summed E-state index contributed by atoms with van der Waals surface area (Å²) in [6.45, 7) is 0. The van der Waals surface area contributed by atoms with E-state index < -0.39 is 17.7 Å². The Hall–Kier alpha value is -2.37. The van der Waals surface area contributed by atoms with Gasteiger partial charge in [0.05, 0.1) is 18.1 Å². The van der Waals surface area contributed by atoms with Crippen LogP contribution in [0.1, 0.15) is 17.0 Å². The Bertz CT molecular complexity index is 559. The number of carbonyl (C=O) groups excluding carboxylic acids is 2. The van der Waals surface area contributed by atoms with E-state index in [9.17, 15) is 22.8 Å². The summed E-state index contributed by atoms with van der Waals surface area (Å²) in [5, 5.41) is 0. The van der Waals surface area contributed by atoms with Crippen LogP contribution in [0.2, 0.25) is 0 Å². The molecule has 0 atom stereocenters. The fraction of sp³-hybridized carbons (Fsp3) is 0.143. The van der Waals surface area contributed by atoms with Gasteiger partial charge in [0, 0.05) is 17.1 Å². The second kappa shape index (κ2) is 5.32. The molecule has 0 fully saturated rings. The topological polar surface area (TPSA) is 43.4 Å². The van der Waals surface area contributed by atoms with Crippen LogP contribution in [-0.4, -0.2) is 12.6 Å². The lowest BCUT2D eigenvalue weighted by atomic mass is 9.85. The third-order valence-electron chi connectivity index (χ3n) is 2.92. The van der Waals surface area contributed by atoms with Gasteiger partial charge in [-0.25, -0.2) is 0 Å². The number of hydrogen-bond donors (Lipinski definition) is 0. The van der Waals surface area contributed by atoms with E-state index in [0.29, 0.717) is 18.1 Å². The molecular weight excluding hydrogens is 273 g/mol. The minimum absolute atomic E-state index is 0.175. The first kappa shape index (κ1) is 14.0. The van der Waals surface area contributed by atoms with Crippen molar-refractivity contribution in [3.05, 3.63) is 59.1 Å². The van der Waals surface area contributed by atoms with Crippen molar-refractivity contribution < 1.29 is 27.5 Å². The maximum atomic E-state index is 12.5. The van der Waals surface area contributed by atoms with Gasteiger partial charge < -0.3 is 4.74 Å². The minimum Gasteiger partial charge on any atom is -0.472 e. The summed E-state index contributed by atoms with van der Waals surface area (Å²) < 4.78 is 42.3. The van der Waals surface area contributed by atoms with Gasteiger partial charge in [0.15, 0.2) is 0 Å². The molecule has 0 aliphatic carbocycles. The zero-order valence-electron chi connectivity index (χ0n) is 10.1. The molecule has 6 heteroatoms. The van der Waals surface area contributed by atoms with Crippen molar-refractivity contribution in [1.82, 2.24) is 0 Å². The van der Waals surface area contributed by atoms with Gasteiger partial charge in [-0.15, -0.1) is 0 Å². The second-order valence-corrected chi connectivity index (χ2v) is 4.16. The molecule has 0 amide bonds. The maximum absolute atomic E-state index is 12.5. The lowest BCUT2D eigenvalue weighted by Crippen LogP contribution is -2.13. The first-order valence-corrected chi connectivity index (χ1v) is 5.60. The molecule has 3 nitrogen and oxygen atoms in total. The van der Waals surface area contributed by atoms with E-state index in [0.717, 1.165) is 12.1 Å². The van der Waals surface area contributed by atoms with Crippen LogP contribution in [0.15, 0.2) is 47.9 Å². The third kappa shape index (κ3) is 2.64. The zero-order chi connectivity index (χ0) is 14.8. The first-order chi connectivity index (χ1) is 9.47. The SMILES string of the molecule is O=CC1=COC=C(C=O)C1c1ccc(C(F)(F)F)cc1. The van der Waals surface area contributed by atoms with Crippen molar-refractivity contribution in [2.75, 3.05) is 0 Å². The lowest BCUT2D eigenvalue weighted by molar-refractivity contribution is -0.137. The van der Waals surface area contributed by atoms with Crippen LogP contribution in [0.4, 0.5) is 13.2 Å². The van der Waals surface area contributed by atoms with Crippen molar-refractivity contribution >= 4 is 12.6 Å². The summed E-state index contributed by atoms with van der Waals surface area (Å²) in [5.74, 6) is -0.707. The van der Waals surface area contributed by atoms with E-state index in [1.165, 1.54) is 24.7 Å². The van der Waals surface area contributed by atoms with Crippen molar-refractivity contribution in [3.63, 3.8) is 0 Å². The summed E-state index contributed by atoms with van der Waals surface area (Å²) in [5.41, 5.74) is -0.0247. The van der Waals surface area contributed by atoms with Crippen LogP contribution in [0.25, 0.3) is 0 Å². The third-order valence-corrected chi connectivity index (χ3v) is 2.92. The molecule has 2 rings (SSSR count). The van der Waals surface area contributed by atoms with E-state index in [1.807, 2.05) is 0 Å². The zero-order valence-corrected chi connectivity index (χ0v) is 10.1. The van der Waals surface area contributed by atoms with Gasteiger partial charge >= 0.3 is 6.18 Å². The molecule has 0 saturated heterocycles. The molecule has 1 aliphatic rings. The van der Waals surface area contributed by atoms with E-state index >= 15 is 0 Å². The molecule has 104 valence electrons. The van der Waals surface area contributed by atoms with Crippen LogP contribution < -0.4 is 0 Å². The Labute approximate surface area is 112 Å². The number of halogens is 3. The molecule has 0 bridgehead atoms. The fourth-order valence-electron chi connectivity index (χ4n) is 1.96. The van der Waals surface area contributed by atoms with Gasteiger partial charge in [0.2, 0.25) is 0 Å². The average molecular weight is 282 g/mol. The normalized spacial score (nSPS) is 15.9. The maximum Gasteiger partial charge on any atom is 0.416 e. The van der Waals surface area contributed by atoms with Crippen molar-refractivity contribution in [2.24, 2.45) is 0 Å². The van der Waals surface area contributed by atoms with Crippen LogP contribution in [0.3, 0.4) is 0 Å². The Kier molecular flexibility index (Phi) is 3.74. The molecule has 0 aromatic heterocycles. The average Bonchev–Trinajstić information content (AvgIpc) is 2.45. The van der Waals surface area contributed by atoms with Gasteiger partial charge in [0.1, 0.15) is 12.6 Å². The lowest BCUT2D eigenvalue weighted by Gasteiger charge is -2.20. The second-order valence-electron chi connectivity index (χ2n) is 4.16. The number of alkyl halides is 3. The molecule has 1 aliphatic heterocycles. The Balaban J connectivity index is 2.40. The molecular formula is C14H9F3O3. The van der Waals surface area contributed by atoms with E-state index in [2.05, 4.69) is 0 Å². The molecule has 0 saturated carbocycles. The Morgan fingerprint density at radius 2 is 1.45 bits per heavy atom. The van der Waals surface area contributed by atoms with Crippen molar-refractivity contribution in [1.29, 1.82) is 0 Å². The van der Waals surface area contributed by atoms with Gasteiger partial charge in [-0.2, -0.15) is 13.2 Å². The quantitative estimate of drug-likeness (QED) is 0.800. The van der Waals surface area contributed by atoms with E-state index in [4.69, 9.17) is 4.74 Å². The highest BCUT2D eigenvalue weighted by Crippen LogP contribution is 2.35. The number of allylic oxidation sites excluding steroid dienone is 2. The molecule has 0 spiro atoms. The number of rotatable bonds is 3. The van der Waals surface area contributed by atoms with Gasteiger partial charge in [-0.1, -0.05) is 12.1 Å². The minimum atomic E-state index is -4.43. The Morgan fingerprint density at radius 3 is 1.85 bits per heavy atom. The van der Waals surface area contributed by atoms with E-state index in [-0.39, 0.29) is 11.1 Å². The van der Waals surface area contributed by atoms with Crippen LogP contribution >= 0.6 is 0 Å². The standard InChI is InChI=1S/C14H9F3O3/c15-14(16,17)12-3-1-9(2-4-12)13-10(5-18)7-20-8-11(13)6-19/h1-8,13H. The number of ether oxygens (including phenoxy) is 1. The summed E-state index contributed by atoms with van der Waals surface area (Å²) in [7, 11) is 0. The number of hydrogen-bond acceptors (Lipinski definition) is 3. The van der Waals surface area contributed by atoms with Crippen molar-refractivity contribution in [3.8, 4) is 0 Å². The predicted molar refractivity (Wildman–Crippen MR) is 63.6 cm³/mol. The van der Waals surface area contributed by atoms with Gasteiger partial charge in [-0.05, 0) is 17.7 Å². The highest BCUT2D eigenvalue weighted by molar-refractivity contribution is 5.85. The Morgan fingerprint density at radius 1 is 0.950 bits per heavy atom. The predicted octanol–water partition coefficient (Wildman–Crippen LogP) is 2.98. The van der Waals surface area contributed by atoms with Crippen LogP contribution in [-0.2, 0) is 20.5 Å². The highest BCUT2D eigenvalue weighted by Gasteiger charge is 2.31. The molecule has 20 heavy (non-hydrogen) atoms. The summed E-state index contributed by atoms with van der Waals surface area (Å²) in [6.07, 6.45) is -1.07. The molecule has 1 aromatic rings. The molecule has 1 aromatic carbocycles. The number of aldehydes is 2. The fourth-order valence-corrected chi connectivity index (χ4v) is 1.96.